The molecule has 0 heterocycles. The molecule has 0 saturated heterocycles. The van der Waals surface area contributed by atoms with Gasteiger partial charge in [0, 0.05) is 12.2 Å². The molecule has 15 heavy (non-hydrogen) atoms. The number of alkyl halides is 3. The monoisotopic (exact) mass is 217 g/mol. The van der Waals surface area contributed by atoms with Crippen LogP contribution < -0.4 is 4.90 Å². The molecule has 0 bridgehead atoms. The summed E-state index contributed by atoms with van der Waals surface area (Å²) in [5.41, 5.74) is 1.22. The quantitative estimate of drug-likeness (QED) is 0.699. The number of hydrogen-bond acceptors (Lipinski definition) is 1. The summed E-state index contributed by atoms with van der Waals surface area (Å²) in [5, 5.41) is 0. The van der Waals surface area contributed by atoms with Crippen molar-refractivity contribution in [1.82, 2.24) is 0 Å². The predicted octanol–water partition coefficient (Wildman–Crippen LogP) is 3.38. The molecular weight excluding hydrogens is 203 g/mol. The fraction of sp³-hybridized carbons (Fsp3) is 0.455. The minimum atomic E-state index is -3.43. The van der Waals surface area contributed by atoms with Gasteiger partial charge in [0.1, 0.15) is 0 Å². The molecule has 1 aromatic carbocycles. The third-order valence-corrected chi connectivity index (χ3v) is 2.19. The highest BCUT2D eigenvalue weighted by Crippen LogP contribution is 2.27. The predicted molar refractivity (Wildman–Crippen MR) is 55.1 cm³/mol. The SMILES string of the molecule is CCN(c1cccc(C)c1)C(F)(F)CF. The lowest BCUT2D eigenvalue weighted by molar-refractivity contribution is -0.0242. The Kier molecular flexibility index (Phi) is 3.61. The number of benzene rings is 1. The van der Waals surface area contributed by atoms with Gasteiger partial charge in [-0.15, -0.1) is 0 Å². The number of nitrogens with zero attached hydrogens (tertiary/aromatic N) is 1. The van der Waals surface area contributed by atoms with Gasteiger partial charge in [0.2, 0.25) is 0 Å². The second kappa shape index (κ2) is 4.55. The summed E-state index contributed by atoms with van der Waals surface area (Å²) < 4.78 is 38.6. The highest BCUT2D eigenvalue weighted by molar-refractivity contribution is 5.49. The molecule has 84 valence electrons. The molecule has 1 aromatic rings. The molecule has 0 aliphatic heterocycles. The van der Waals surface area contributed by atoms with E-state index < -0.39 is 12.7 Å². The highest BCUT2D eigenvalue weighted by Gasteiger charge is 2.36. The molecule has 0 amide bonds. The van der Waals surface area contributed by atoms with Crippen molar-refractivity contribution in [1.29, 1.82) is 0 Å². The minimum Gasteiger partial charge on any atom is -0.311 e. The van der Waals surface area contributed by atoms with Gasteiger partial charge >= 0.3 is 6.05 Å². The van der Waals surface area contributed by atoms with Crippen molar-refractivity contribution in [2.75, 3.05) is 18.1 Å². The number of halogens is 3. The van der Waals surface area contributed by atoms with E-state index in [1.807, 2.05) is 13.0 Å². The van der Waals surface area contributed by atoms with Crippen LogP contribution in [0.2, 0.25) is 0 Å². The Morgan fingerprint density at radius 3 is 2.47 bits per heavy atom. The third kappa shape index (κ3) is 2.64. The summed E-state index contributed by atoms with van der Waals surface area (Å²) in [7, 11) is 0. The maximum absolute atomic E-state index is 13.2. The molecule has 1 rings (SSSR count). The first kappa shape index (κ1) is 11.9. The lowest BCUT2D eigenvalue weighted by Gasteiger charge is -2.30. The van der Waals surface area contributed by atoms with E-state index in [0.717, 1.165) is 10.5 Å². The van der Waals surface area contributed by atoms with Gasteiger partial charge in [-0.05, 0) is 31.5 Å². The zero-order chi connectivity index (χ0) is 11.5. The van der Waals surface area contributed by atoms with Crippen LogP contribution in [0.3, 0.4) is 0 Å². The van der Waals surface area contributed by atoms with Crippen LogP contribution in [0.1, 0.15) is 12.5 Å². The molecule has 0 saturated carbocycles. The summed E-state index contributed by atoms with van der Waals surface area (Å²) in [6.07, 6.45) is 0. The lowest BCUT2D eigenvalue weighted by atomic mass is 10.2. The van der Waals surface area contributed by atoms with Crippen molar-refractivity contribution in [2.45, 2.75) is 19.9 Å². The number of hydrogen-bond donors (Lipinski definition) is 0. The van der Waals surface area contributed by atoms with Gasteiger partial charge in [0.05, 0.1) is 0 Å². The van der Waals surface area contributed by atoms with Crippen LogP contribution in [-0.2, 0) is 0 Å². The Morgan fingerprint density at radius 1 is 1.33 bits per heavy atom. The van der Waals surface area contributed by atoms with Crippen molar-refractivity contribution in [3.05, 3.63) is 29.8 Å². The Morgan fingerprint density at radius 2 is 2.00 bits per heavy atom. The third-order valence-electron chi connectivity index (χ3n) is 2.19. The maximum Gasteiger partial charge on any atom is 0.353 e. The standard InChI is InChI=1S/C11H14F3N/c1-3-15(11(13,14)8-12)10-6-4-5-9(2)7-10/h4-7H,3,8H2,1-2H3. The Balaban J connectivity index is 3.02. The maximum atomic E-state index is 13.2. The Hall–Kier alpha value is -1.19. The van der Waals surface area contributed by atoms with Crippen molar-refractivity contribution in [3.8, 4) is 0 Å². The largest absolute Gasteiger partial charge is 0.353 e. The Labute approximate surface area is 87.5 Å². The van der Waals surface area contributed by atoms with Crippen LogP contribution >= 0.6 is 0 Å². The van der Waals surface area contributed by atoms with Gasteiger partial charge < -0.3 is 4.90 Å². The van der Waals surface area contributed by atoms with Gasteiger partial charge in [-0.1, -0.05) is 12.1 Å². The van der Waals surface area contributed by atoms with Crippen LogP contribution in [0, 0.1) is 6.92 Å². The second-order valence-electron chi connectivity index (χ2n) is 3.38. The van der Waals surface area contributed by atoms with Crippen LogP contribution in [0.25, 0.3) is 0 Å². The topological polar surface area (TPSA) is 3.24 Å². The molecule has 1 nitrogen and oxygen atoms in total. The second-order valence-corrected chi connectivity index (χ2v) is 3.38. The first-order valence-electron chi connectivity index (χ1n) is 4.79. The van der Waals surface area contributed by atoms with E-state index in [0.29, 0.717) is 5.69 Å². The smallest absolute Gasteiger partial charge is 0.311 e. The summed E-state index contributed by atoms with van der Waals surface area (Å²) in [4.78, 5) is 0.764. The fourth-order valence-electron chi connectivity index (χ4n) is 1.47. The van der Waals surface area contributed by atoms with E-state index >= 15 is 0 Å². The molecule has 0 aliphatic carbocycles. The van der Waals surface area contributed by atoms with Crippen LogP contribution in [0.5, 0.6) is 0 Å². The van der Waals surface area contributed by atoms with Gasteiger partial charge in [-0.25, -0.2) is 4.39 Å². The van der Waals surface area contributed by atoms with E-state index in [-0.39, 0.29) is 6.54 Å². The molecule has 0 atom stereocenters. The van der Waals surface area contributed by atoms with E-state index in [4.69, 9.17) is 0 Å². The van der Waals surface area contributed by atoms with Gasteiger partial charge in [0.15, 0.2) is 6.67 Å². The Bertz CT molecular complexity index is 325. The lowest BCUT2D eigenvalue weighted by Crippen LogP contribution is -2.43. The average molecular weight is 217 g/mol. The number of anilines is 1. The number of aryl methyl sites for hydroxylation is 1. The first-order chi connectivity index (χ1) is 7.01. The summed E-state index contributed by atoms with van der Waals surface area (Å²) >= 11 is 0. The molecule has 0 fully saturated rings. The number of rotatable bonds is 4. The van der Waals surface area contributed by atoms with Gasteiger partial charge in [-0.3, -0.25) is 0 Å². The van der Waals surface area contributed by atoms with Gasteiger partial charge in [-0.2, -0.15) is 8.78 Å². The van der Waals surface area contributed by atoms with Crippen LogP contribution in [-0.4, -0.2) is 19.3 Å². The van der Waals surface area contributed by atoms with E-state index in [1.54, 1.807) is 25.1 Å². The average Bonchev–Trinajstić information content (AvgIpc) is 2.18. The van der Waals surface area contributed by atoms with E-state index in [9.17, 15) is 13.2 Å². The van der Waals surface area contributed by atoms with E-state index in [2.05, 4.69) is 0 Å². The molecule has 4 heteroatoms. The van der Waals surface area contributed by atoms with Crippen molar-refractivity contribution in [3.63, 3.8) is 0 Å². The molecule has 0 aliphatic rings. The molecular formula is C11H14F3N. The van der Waals surface area contributed by atoms with Crippen molar-refractivity contribution >= 4 is 5.69 Å². The summed E-state index contributed by atoms with van der Waals surface area (Å²) in [5.74, 6) is 0. The fourth-order valence-corrected chi connectivity index (χ4v) is 1.47. The zero-order valence-corrected chi connectivity index (χ0v) is 8.80. The van der Waals surface area contributed by atoms with Crippen molar-refractivity contribution in [2.24, 2.45) is 0 Å². The zero-order valence-electron chi connectivity index (χ0n) is 8.80. The van der Waals surface area contributed by atoms with Crippen molar-refractivity contribution < 1.29 is 13.2 Å². The summed E-state index contributed by atoms with van der Waals surface area (Å²) in [6.45, 7) is 1.78. The van der Waals surface area contributed by atoms with Crippen LogP contribution in [0.15, 0.2) is 24.3 Å². The molecule has 0 unspecified atom stereocenters. The van der Waals surface area contributed by atoms with Crippen LogP contribution in [0.4, 0.5) is 18.9 Å². The van der Waals surface area contributed by atoms with Gasteiger partial charge in [0.25, 0.3) is 0 Å². The first-order valence-corrected chi connectivity index (χ1v) is 4.79. The molecule has 0 radical (unpaired) electrons. The van der Waals surface area contributed by atoms with E-state index in [1.165, 1.54) is 0 Å². The molecule has 0 spiro atoms. The highest BCUT2D eigenvalue weighted by atomic mass is 19.3. The minimum absolute atomic E-state index is 0.0698. The normalized spacial score (nSPS) is 11.5. The molecule has 0 aromatic heterocycles. The molecule has 0 N–H and O–H groups in total. The summed E-state index contributed by atoms with van der Waals surface area (Å²) in [6, 6.07) is 3.24.